The summed E-state index contributed by atoms with van der Waals surface area (Å²) in [6.07, 6.45) is -8.18. The fourth-order valence-corrected chi connectivity index (χ4v) is 8.32. The molecule has 5 aromatic rings. The fraction of sp³-hybridized carbons (Fsp3) is 0.385. The first-order valence-electron chi connectivity index (χ1n) is 18.3. The maximum absolute atomic E-state index is 15.4. The number of hydrogen-bond donors (Lipinski definition) is 2. The average molecular weight is 936 g/mol. The Kier molecular flexibility index (Phi) is 11.8. The summed E-state index contributed by atoms with van der Waals surface area (Å²) in [6.45, 7) is 0.252. The van der Waals surface area contributed by atoms with Crippen LogP contribution in [0.4, 0.5) is 49.7 Å². The van der Waals surface area contributed by atoms with E-state index in [9.17, 15) is 49.0 Å². The first kappa shape index (κ1) is 45.3. The normalized spacial score (nSPS) is 18.4. The second kappa shape index (κ2) is 16.1. The van der Waals surface area contributed by atoms with Crippen molar-refractivity contribution in [3.8, 4) is 23.0 Å². The number of nitrogens with one attached hydrogen (secondary N) is 2. The number of amides is 1. The Morgan fingerprint density at radius 3 is 2.27 bits per heavy atom. The highest BCUT2D eigenvalue weighted by Crippen LogP contribution is 2.68. The molecule has 2 N–H and O–H groups in total. The molecule has 0 bridgehead atoms. The maximum atomic E-state index is 15.4. The molecule has 1 fully saturated rings. The predicted octanol–water partition coefficient (Wildman–Crippen LogP) is 8.33. The topological polar surface area (TPSA) is 136 Å². The zero-order valence-corrected chi connectivity index (χ0v) is 34.9. The fourth-order valence-electron chi connectivity index (χ4n) is 7.46. The van der Waals surface area contributed by atoms with Crippen molar-refractivity contribution >= 4 is 56.8 Å². The third-order valence-electron chi connectivity index (χ3n) is 10.4. The molecule has 0 spiro atoms. The van der Waals surface area contributed by atoms with Crippen LogP contribution in [0.2, 0.25) is 5.02 Å². The number of benzene rings is 2. The standard InChI is InChI=1S/C39H32ClF10N7O3S2/c1-36(2,61(3)59)10-9-21-5-6-22(23-7-8-26(40)30-32(23)57(17-37(43,44)45)54-35(30)55-62(4)60)31(51-21)27(13-18-11-19(41)14-20(42)12-18)52-28(58)16-56-34-29(33(53-56)39(48,49)50)24-15-25(24)38(34,46)47/h5-8,11-12,14,24-25,27H,13,15-17H2,1-4H3,(H,52,58)(H,54,55). The lowest BCUT2D eigenvalue weighted by molar-refractivity contribution is -0.142. The Labute approximate surface area is 357 Å². The van der Waals surface area contributed by atoms with Crippen LogP contribution >= 0.6 is 11.6 Å². The monoisotopic (exact) mass is 935 g/mol. The van der Waals surface area contributed by atoms with Crippen LogP contribution < -0.4 is 10.0 Å². The second-order valence-corrected chi connectivity index (χ2v) is 18.7. The highest BCUT2D eigenvalue weighted by Gasteiger charge is 2.68. The van der Waals surface area contributed by atoms with E-state index in [4.69, 9.17) is 11.6 Å². The number of halogens is 11. The molecule has 0 saturated heterocycles. The van der Waals surface area contributed by atoms with Crippen LogP contribution in [0.5, 0.6) is 0 Å². The molecular weight excluding hydrogens is 904 g/mol. The lowest BCUT2D eigenvalue weighted by Gasteiger charge is -2.23. The van der Waals surface area contributed by atoms with Crippen molar-refractivity contribution in [3.63, 3.8) is 0 Å². The van der Waals surface area contributed by atoms with Crippen LogP contribution in [-0.2, 0) is 58.9 Å². The summed E-state index contributed by atoms with van der Waals surface area (Å²) >= 11 is 3.15. The Balaban J connectivity index is 1.43. The van der Waals surface area contributed by atoms with Crippen molar-refractivity contribution in [1.29, 1.82) is 0 Å². The quantitative estimate of drug-likeness (QED) is 0.0773. The first-order chi connectivity index (χ1) is 28.7. The highest BCUT2D eigenvalue weighted by molar-refractivity contribution is 7.92. The molecule has 0 radical (unpaired) electrons. The Morgan fingerprint density at radius 1 is 1.00 bits per heavy atom. The summed E-state index contributed by atoms with van der Waals surface area (Å²) in [5, 5.41) is 9.68. The van der Waals surface area contributed by atoms with Crippen molar-refractivity contribution in [2.45, 2.75) is 74.8 Å². The molecule has 62 heavy (non-hydrogen) atoms. The molecule has 3 aromatic heterocycles. The Morgan fingerprint density at radius 2 is 1.66 bits per heavy atom. The number of alkyl halides is 8. The van der Waals surface area contributed by atoms with Crippen molar-refractivity contribution in [1.82, 2.24) is 29.9 Å². The number of aromatic nitrogens is 5. The number of anilines is 1. The van der Waals surface area contributed by atoms with Gasteiger partial charge in [-0.15, -0.1) is 5.10 Å². The molecule has 7 rings (SSSR count). The molecule has 5 atom stereocenters. The van der Waals surface area contributed by atoms with E-state index in [0.29, 0.717) is 10.7 Å². The Hall–Kier alpha value is -4.69. The zero-order valence-electron chi connectivity index (χ0n) is 32.5. The van der Waals surface area contributed by atoms with Crippen LogP contribution in [0.15, 0.2) is 42.5 Å². The third kappa shape index (κ3) is 9.04. The van der Waals surface area contributed by atoms with Crippen LogP contribution in [0.1, 0.15) is 66.1 Å². The summed E-state index contributed by atoms with van der Waals surface area (Å²) in [6, 6.07) is 6.03. The first-order valence-corrected chi connectivity index (χ1v) is 21.8. The number of rotatable bonds is 11. The lowest BCUT2D eigenvalue weighted by atomic mass is 9.93. The average Bonchev–Trinajstić information content (AvgIpc) is 3.66. The van der Waals surface area contributed by atoms with Gasteiger partial charge in [-0.2, -0.15) is 44.9 Å². The van der Waals surface area contributed by atoms with Crippen LogP contribution in [0.3, 0.4) is 0 Å². The SMILES string of the molecule is C[S+]([O-])Nc1nn(CC(F)(F)F)c2c(-c3ccc(C#CC(C)(C)[S+](C)[O-])nc3C(Cc3cc(F)cc(F)c3)NC(=O)Cn3nc(C(F)(F)F)c4c3C(F)(F)C3CC43)ccc(Cl)c12. The van der Waals surface area contributed by atoms with Gasteiger partial charge in [-0.1, -0.05) is 17.7 Å². The molecule has 0 aliphatic heterocycles. The van der Waals surface area contributed by atoms with Crippen LogP contribution in [0, 0.1) is 29.4 Å². The van der Waals surface area contributed by atoms with E-state index in [0.717, 1.165) is 12.1 Å². The summed E-state index contributed by atoms with van der Waals surface area (Å²) < 4.78 is 172. The van der Waals surface area contributed by atoms with Gasteiger partial charge in [0.25, 0.3) is 5.92 Å². The summed E-state index contributed by atoms with van der Waals surface area (Å²) in [5.74, 6) is -4.33. The van der Waals surface area contributed by atoms with E-state index in [2.05, 4.69) is 37.1 Å². The Bertz CT molecular complexity index is 2640. The summed E-state index contributed by atoms with van der Waals surface area (Å²) in [4.78, 5) is 18.6. The molecule has 3 heterocycles. The summed E-state index contributed by atoms with van der Waals surface area (Å²) in [7, 11) is 0. The predicted molar refractivity (Wildman–Crippen MR) is 210 cm³/mol. The molecular formula is C39H32ClF10N7O3S2. The molecule has 23 heteroatoms. The van der Waals surface area contributed by atoms with E-state index in [1.54, 1.807) is 13.8 Å². The smallest absolute Gasteiger partial charge is 0.435 e. The molecule has 5 unspecified atom stereocenters. The van der Waals surface area contributed by atoms with Gasteiger partial charge in [-0.05, 0) is 91.5 Å². The van der Waals surface area contributed by atoms with Crippen molar-refractivity contribution in [2.75, 3.05) is 17.2 Å². The molecule has 10 nitrogen and oxygen atoms in total. The van der Waals surface area contributed by atoms with E-state index in [1.165, 1.54) is 36.8 Å². The van der Waals surface area contributed by atoms with Gasteiger partial charge in [-0.25, -0.2) is 13.8 Å². The van der Waals surface area contributed by atoms with Crippen molar-refractivity contribution < 1.29 is 57.8 Å². The molecule has 1 saturated carbocycles. The minimum atomic E-state index is -5.15. The van der Waals surface area contributed by atoms with Crippen molar-refractivity contribution in [2.24, 2.45) is 5.92 Å². The number of carbonyl (C=O) groups is 1. The molecule has 330 valence electrons. The van der Waals surface area contributed by atoms with Crippen molar-refractivity contribution in [3.05, 3.63) is 93.0 Å². The van der Waals surface area contributed by atoms with E-state index in [1.807, 2.05) is 0 Å². The number of hydrogen-bond acceptors (Lipinski definition) is 7. The van der Waals surface area contributed by atoms with Gasteiger partial charge < -0.3 is 14.4 Å². The van der Waals surface area contributed by atoms with Gasteiger partial charge >= 0.3 is 12.4 Å². The number of carbonyl (C=O) groups excluding carboxylic acids is 1. The molecule has 2 aliphatic rings. The van der Waals surface area contributed by atoms with Gasteiger partial charge in [-0.3, -0.25) is 14.2 Å². The summed E-state index contributed by atoms with van der Waals surface area (Å²) in [5.41, 5.74) is -4.18. The number of pyridine rings is 1. The molecule has 1 amide bonds. The number of nitrogens with zero attached hydrogens (tertiary/aromatic N) is 5. The second-order valence-electron chi connectivity index (χ2n) is 15.3. The minimum absolute atomic E-state index is 0.0591. The van der Waals surface area contributed by atoms with Crippen LogP contribution in [0.25, 0.3) is 22.0 Å². The van der Waals surface area contributed by atoms with Gasteiger partial charge in [0.15, 0.2) is 10.4 Å². The zero-order chi connectivity index (χ0) is 45.4. The highest BCUT2D eigenvalue weighted by atomic mass is 35.5. The van der Waals surface area contributed by atoms with Crippen LogP contribution in [-0.4, -0.2) is 63.0 Å². The van der Waals surface area contributed by atoms with Gasteiger partial charge in [0, 0.05) is 28.7 Å². The van der Waals surface area contributed by atoms with E-state index >= 15 is 8.78 Å². The van der Waals surface area contributed by atoms with Gasteiger partial charge in [0.05, 0.1) is 45.3 Å². The van der Waals surface area contributed by atoms with Gasteiger partial charge in [0.1, 0.15) is 42.4 Å². The number of fused-ring (bicyclic) bond motifs is 4. The molecule has 2 aromatic carbocycles. The molecule has 2 aliphatic carbocycles. The van der Waals surface area contributed by atoms with E-state index in [-0.39, 0.29) is 60.9 Å². The van der Waals surface area contributed by atoms with Gasteiger partial charge in [0.2, 0.25) is 11.7 Å². The van der Waals surface area contributed by atoms with E-state index < -0.39 is 117 Å². The lowest BCUT2D eigenvalue weighted by Crippen LogP contribution is -2.35. The maximum Gasteiger partial charge on any atom is 0.435 e. The largest absolute Gasteiger partial charge is 0.615 e. The minimum Gasteiger partial charge on any atom is -0.615 e. The third-order valence-corrected chi connectivity index (χ3v) is 12.7.